The van der Waals surface area contributed by atoms with Crippen molar-refractivity contribution in [3.05, 3.63) is 18.3 Å². The fourth-order valence-electron chi connectivity index (χ4n) is 2.13. The van der Waals surface area contributed by atoms with E-state index < -0.39 is 7.12 Å². The number of fused-ring (bicyclic) bond motifs is 1. The van der Waals surface area contributed by atoms with Crippen LogP contribution in [0.25, 0.3) is 11.0 Å². The molecule has 1 aliphatic heterocycles. The molecule has 0 radical (unpaired) electrons. The Labute approximate surface area is 113 Å². The van der Waals surface area contributed by atoms with Crippen molar-refractivity contribution >= 4 is 23.7 Å². The van der Waals surface area contributed by atoms with Gasteiger partial charge >= 0.3 is 7.12 Å². The molecule has 0 spiro atoms. The minimum absolute atomic E-state index is 0.346. The van der Waals surface area contributed by atoms with Crippen LogP contribution in [0, 0.1) is 0 Å². The molecular formula is C13H18BN3O2. The largest absolute Gasteiger partial charge is 0.514 e. The fourth-order valence-corrected chi connectivity index (χ4v) is 2.13. The minimum Gasteiger partial charge on any atom is -0.398 e. The predicted molar refractivity (Wildman–Crippen MR) is 74.2 cm³/mol. The van der Waals surface area contributed by atoms with Crippen LogP contribution in [0.15, 0.2) is 18.3 Å². The molecule has 0 aliphatic carbocycles. The van der Waals surface area contributed by atoms with Crippen LogP contribution in [-0.2, 0) is 16.4 Å². The van der Waals surface area contributed by atoms with Crippen LogP contribution in [0.2, 0.25) is 0 Å². The van der Waals surface area contributed by atoms with E-state index in [4.69, 9.17) is 9.31 Å². The monoisotopic (exact) mass is 259 g/mol. The van der Waals surface area contributed by atoms with Gasteiger partial charge in [-0.15, -0.1) is 0 Å². The van der Waals surface area contributed by atoms with E-state index in [0.717, 1.165) is 16.6 Å². The highest BCUT2D eigenvalue weighted by Crippen LogP contribution is 2.36. The third-order valence-corrected chi connectivity index (χ3v) is 4.10. The average Bonchev–Trinajstić information content (AvgIpc) is 2.78. The first-order chi connectivity index (χ1) is 8.80. The maximum absolute atomic E-state index is 6.00. The van der Waals surface area contributed by atoms with Crippen molar-refractivity contribution in [2.75, 3.05) is 0 Å². The highest BCUT2D eigenvalue weighted by Gasteiger charge is 2.52. The lowest BCUT2D eigenvalue weighted by Crippen LogP contribution is -2.41. The standard InChI is InChI=1S/C13H18BN3O2/c1-12(2)13(3,4)19-14(18-12)10-7-6-9-8-15-17(5)11(9)16-10/h6-8H,1-5H3. The topological polar surface area (TPSA) is 49.2 Å². The quantitative estimate of drug-likeness (QED) is 0.723. The van der Waals surface area contributed by atoms with Crippen molar-refractivity contribution in [3.63, 3.8) is 0 Å². The zero-order chi connectivity index (χ0) is 13.8. The molecule has 2 aromatic rings. The smallest absolute Gasteiger partial charge is 0.398 e. The number of aromatic nitrogens is 3. The first-order valence-corrected chi connectivity index (χ1v) is 6.44. The average molecular weight is 259 g/mol. The number of nitrogens with zero attached hydrogens (tertiary/aromatic N) is 3. The van der Waals surface area contributed by atoms with Crippen molar-refractivity contribution in [2.24, 2.45) is 7.05 Å². The fraction of sp³-hybridized carbons (Fsp3) is 0.538. The SMILES string of the molecule is Cn1ncc2ccc(B3OC(C)(C)C(C)(C)O3)nc21. The summed E-state index contributed by atoms with van der Waals surface area (Å²) in [6.07, 6.45) is 1.80. The van der Waals surface area contributed by atoms with E-state index >= 15 is 0 Å². The van der Waals surface area contributed by atoms with Gasteiger partial charge in [0.2, 0.25) is 0 Å². The van der Waals surface area contributed by atoms with Crippen LogP contribution in [0.3, 0.4) is 0 Å². The van der Waals surface area contributed by atoms with E-state index in [-0.39, 0.29) is 11.2 Å². The molecule has 0 aromatic carbocycles. The van der Waals surface area contributed by atoms with Gasteiger partial charge in [-0.1, -0.05) is 0 Å². The zero-order valence-electron chi connectivity index (χ0n) is 12.0. The molecule has 19 heavy (non-hydrogen) atoms. The molecule has 0 saturated carbocycles. The van der Waals surface area contributed by atoms with Gasteiger partial charge in [0.1, 0.15) is 0 Å². The molecule has 5 nitrogen and oxygen atoms in total. The van der Waals surface area contributed by atoms with Crippen molar-refractivity contribution in [1.29, 1.82) is 0 Å². The Morgan fingerprint density at radius 2 is 1.74 bits per heavy atom. The maximum atomic E-state index is 6.00. The Kier molecular flexibility index (Phi) is 2.53. The van der Waals surface area contributed by atoms with Crippen molar-refractivity contribution in [3.8, 4) is 0 Å². The molecule has 0 unspecified atom stereocenters. The molecule has 0 atom stereocenters. The second-order valence-corrected chi connectivity index (χ2v) is 6.01. The van der Waals surface area contributed by atoms with Crippen LogP contribution >= 0.6 is 0 Å². The Bertz CT molecular complexity index is 620. The van der Waals surface area contributed by atoms with Gasteiger partial charge in [0.15, 0.2) is 5.65 Å². The maximum Gasteiger partial charge on any atom is 0.514 e. The Morgan fingerprint density at radius 1 is 1.11 bits per heavy atom. The molecule has 0 amide bonds. The normalized spacial score (nSPS) is 21.2. The predicted octanol–water partition coefficient (Wildman–Crippen LogP) is 1.27. The molecular weight excluding hydrogens is 241 g/mol. The Hall–Kier alpha value is -1.40. The lowest BCUT2D eigenvalue weighted by atomic mass is 9.84. The van der Waals surface area contributed by atoms with Crippen LogP contribution in [-0.4, -0.2) is 33.1 Å². The molecule has 0 N–H and O–H groups in total. The van der Waals surface area contributed by atoms with Gasteiger partial charge in [-0.3, -0.25) is 4.68 Å². The number of hydrogen-bond acceptors (Lipinski definition) is 4. The van der Waals surface area contributed by atoms with Gasteiger partial charge < -0.3 is 9.31 Å². The molecule has 1 saturated heterocycles. The molecule has 0 bridgehead atoms. The number of pyridine rings is 1. The highest BCUT2D eigenvalue weighted by atomic mass is 16.7. The zero-order valence-corrected chi connectivity index (χ0v) is 12.0. The molecule has 6 heteroatoms. The lowest BCUT2D eigenvalue weighted by Gasteiger charge is -2.32. The van der Waals surface area contributed by atoms with Crippen LogP contribution in [0.1, 0.15) is 27.7 Å². The summed E-state index contributed by atoms with van der Waals surface area (Å²) in [5.74, 6) is 0. The summed E-state index contributed by atoms with van der Waals surface area (Å²) < 4.78 is 13.8. The summed E-state index contributed by atoms with van der Waals surface area (Å²) in [5.41, 5.74) is 0.934. The highest BCUT2D eigenvalue weighted by molar-refractivity contribution is 6.61. The van der Waals surface area contributed by atoms with E-state index in [1.165, 1.54) is 0 Å². The van der Waals surface area contributed by atoms with Gasteiger partial charge in [-0.2, -0.15) is 5.10 Å². The molecule has 2 aromatic heterocycles. The van der Waals surface area contributed by atoms with Gasteiger partial charge in [-0.25, -0.2) is 4.98 Å². The second-order valence-electron chi connectivity index (χ2n) is 6.01. The first kappa shape index (κ1) is 12.6. The van der Waals surface area contributed by atoms with E-state index in [2.05, 4.69) is 10.1 Å². The molecule has 3 rings (SSSR count). The molecule has 3 heterocycles. The van der Waals surface area contributed by atoms with Gasteiger partial charge in [-0.05, 0) is 39.8 Å². The van der Waals surface area contributed by atoms with E-state index in [1.54, 1.807) is 10.9 Å². The second kappa shape index (κ2) is 3.80. The van der Waals surface area contributed by atoms with Crippen LogP contribution in [0.5, 0.6) is 0 Å². The van der Waals surface area contributed by atoms with Crippen LogP contribution < -0.4 is 5.59 Å². The Balaban J connectivity index is 2.00. The first-order valence-electron chi connectivity index (χ1n) is 6.44. The van der Waals surface area contributed by atoms with Gasteiger partial charge in [0, 0.05) is 12.4 Å². The van der Waals surface area contributed by atoms with Crippen molar-refractivity contribution in [1.82, 2.24) is 14.8 Å². The number of rotatable bonds is 1. The summed E-state index contributed by atoms with van der Waals surface area (Å²) in [5, 5.41) is 5.21. The Morgan fingerprint density at radius 3 is 2.37 bits per heavy atom. The van der Waals surface area contributed by atoms with E-state index in [0.29, 0.717) is 0 Å². The minimum atomic E-state index is -0.427. The number of aryl methyl sites for hydroxylation is 1. The summed E-state index contributed by atoms with van der Waals surface area (Å²) in [6.45, 7) is 8.15. The summed E-state index contributed by atoms with van der Waals surface area (Å²) in [6, 6.07) is 3.93. The summed E-state index contributed by atoms with van der Waals surface area (Å²) in [7, 11) is 1.45. The summed E-state index contributed by atoms with van der Waals surface area (Å²) >= 11 is 0. The third kappa shape index (κ3) is 1.86. The van der Waals surface area contributed by atoms with E-state index in [1.807, 2.05) is 46.9 Å². The van der Waals surface area contributed by atoms with Gasteiger partial charge in [0.25, 0.3) is 0 Å². The van der Waals surface area contributed by atoms with Crippen molar-refractivity contribution in [2.45, 2.75) is 38.9 Å². The lowest BCUT2D eigenvalue weighted by molar-refractivity contribution is 0.00578. The third-order valence-electron chi connectivity index (χ3n) is 4.10. The van der Waals surface area contributed by atoms with E-state index in [9.17, 15) is 0 Å². The molecule has 1 fully saturated rings. The van der Waals surface area contributed by atoms with Crippen LogP contribution in [0.4, 0.5) is 0 Å². The molecule has 100 valence electrons. The number of hydrogen-bond donors (Lipinski definition) is 0. The van der Waals surface area contributed by atoms with Crippen molar-refractivity contribution < 1.29 is 9.31 Å². The van der Waals surface area contributed by atoms with Gasteiger partial charge in [0.05, 0.1) is 23.0 Å². The summed E-state index contributed by atoms with van der Waals surface area (Å²) in [4.78, 5) is 4.60. The molecule has 1 aliphatic rings.